The fourth-order valence-electron chi connectivity index (χ4n) is 1.59. The Kier molecular flexibility index (Phi) is 7.23. The predicted octanol–water partition coefficient (Wildman–Crippen LogP) is 1.98. The number of aliphatic hydroxyl groups excluding tert-OH is 1. The highest BCUT2D eigenvalue weighted by atomic mass is 35.5. The molecule has 2 unspecified atom stereocenters. The molecule has 0 aliphatic rings. The average Bonchev–Trinajstić information content (AvgIpc) is 2.38. The molecule has 0 spiro atoms. The van der Waals surface area contributed by atoms with Gasteiger partial charge in [0.25, 0.3) is 0 Å². The zero-order valence-electron chi connectivity index (χ0n) is 11.0. The Morgan fingerprint density at radius 1 is 1.53 bits per heavy atom. The van der Waals surface area contributed by atoms with Crippen LogP contribution in [-0.4, -0.2) is 41.7 Å². The first kappa shape index (κ1) is 16.3. The number of amides is 1. The molecule has 0 aromatic heterocycles. The van der Waals surface area contributed by atoms with Gasteiger partial charge in [-0.3, -0.25) is 4.79 Å². The van der Waals surface area contributed by atoms with E-state index < -0.39 is 0 Å². The molecule has 106 valence electrons. The minimum atomic E-state index is -0.132. The maximum atomic E-state index is 11.7. The lowest BCUT2D eigenvalue weighted by molar-refractivity contribution is -0.115. The number of rotatable bonds is 7. The number of thioether (sulfide) groups is 1. The molecule has 0 saturated heterocycles. The summed E-state index contributed by atoms with van der Waals surface area (Å²) < 4.78 is 0. The molecule has 0 saturated carbocycles. The second-order valence-corrected chi connectivity index (χ2v) is 5.70. The number of benzene rings is 1. The molecule has 6 heteroatoms. The SMILES string of the molecule is CSC(CO)C(C)NCC(=O)Nc1cccc(Cl)c1. The van der Waals surface area contributed by atoms with Crippen LogP contribution in [0.1, 0.15) is 6.92 Å². The number of hydrogen-bond donors (Lipinski definition) is 3. The van der Waals surface area contributed by atoms with Crippen LogP contribution in [0.25, 0.3) is 0 Å². The molecule has 2 atom stereocenters. The van der Waals surface area contributed by atoms with Gasteiger partial charge in [0.2, 0.25) is 5.91 Å². The third-order valence-corrected chi connectivity index (χ3v) is 4.13. The zero-order valence-corrected chi connectivity index (χ0v) is 12.6. The van der Waals surface area contributed by atoms with Gasteiger partial charge >= 0.3 is 0 Å². The van der Waals surface area contributed by atoms with Crippen molar-refractivity contribution in [3.8, 4) is 0 Å². The molecule has 1 aromatic carbocycles. The molecule has 0 radical (unpaired) electrons. The van der Waals surface area contributed by atoms with E-state index in [-0.39, 0.29) is 30.4 Å². The van der Waals surface area contributed by atoms with Gasteiger partial charge in [0.05, 0.1) is 13.2 Å². The first-order chi connectivity index (χ1) is 9.06. The topological polar surface area (TPSA) is 61.4 Å². The summed E-state index contributed by atoms with van der Waals surface area (Å²) >= 11 is 7.41. The van der Waals surface area contributed by atoms with Crippen molar-refractivity contribution in [3.63, 3.8) is 0 Å². The molecule has 0 aliphatic heterocycles. The molecular weight excluding hydrogens is 284 g/mol. The number of halogens is 1. The lowest BCUT2D eigenvalue weighted by atomic mass is 10.2. The maximum Gasteiger partial charge on any atom is 0.238 e. The molecule has 4 nitrogen and oxygen atoms in total. The van der Waals surface area contributed by atoms with Crippen LogP contribution in [0.5, 0.6) is 0 Å². The number of hydrogen-bond acceptors (Lipinski definition) is 4. The Morgan fingerprint density at radius 2 is 2.26 bits per heavy atom. The van der Waals surface area contributed by atoms with E-state index in [1.807, 2.05) is 13.2 Å². The van der Waals surface area contributed by atoms with Crippen LogP contribution in [0.15, 0.2) is 24.3 Å². The number of carbonyl (C=O) groups excluding carboxylic acids is 1. The molecule has 3 N–H and O–H groups in total. The van der Waals surface area contributed by atoms with Crippen LogP contribution < -0.4 is 10.6 Å². The lowest BCUT2D eigenvalue weighted by Gasteiger charge is -2.21. The molecule has 1 amide bonds. The van der Waals surface area contributed by atoms with E-state index in [4.69, 9.17) is 16.7 Å². The molecule has 19 heavy (non-hydrogen) atoms. The van der Waals surface area contributed by atoms with Gasteiger partial charge in [0, 0.05) is 22.0 Å². The van der Waals surface area contributed by atoms with E-state index in [2.05, 4.69) is 10.6 Å². The molecule has 0 bridgehead atoms. The molecule has 0 fully saturated rings. The largest absolute Gasteiger partial charge is 0.395 e. The van der Waals surface area contributed by atoms with Gasteiger partial charge in [-0.15, -0.1) is 0 Å². The van der Waals surface area contributed by atoms with Gasteiger partial charge < -0.3 is 15.7 Å². The van der Waals surface area contributed by atoms with Crippen LogP contribution in [0.2, 0.25) is 5.02 Å². The third kappa shape index (κ3) is 5.82. The van der Waals surface area contributed by atoms with Gasteiger partial charge in [0.15, 0.2) is 0 Å². The fourth-order valence-corrected chi connectivity index (χ4v) is 2.44. The molecule has 0 heterocycles. The highest BCUT2D eigenvalue weighted by Crippen LogP contribution is 2.14. The summed E-state index contributed by atoms with van der Waals surface area (Å²) in [6.07, 6.45) is 1.94. The predicted molar refractivity (Wildman–Crippen MR) is 81.9 cm³/mol. The van der Waals surface area contributed by atoms with Crippen LogP contribution in [0, 0.1) is 0 Å². The highest BCUT2D eigenvalue weighted by Gasteiger charge is 2.15. The third-order valence-electron chi connectivity index (χ3n) is 2.73. The van der Waals surface area contributed by atoms with Crippen molar-refractivity contribution in [2.45, 2.75) is 18.2 Å². The Hall–Kier alpha value is -0.750. The number of aliphatic hydroxyl groups is 1. The van der Waals surface area contributed by atoms with E-state index in [1.165, 1.54) is 0 Å². The van der Waals surface area contributed by atoms with E-state index in [9.17, 15) is 4.79 Å². The van der Waals surface area contributed by atoms with Crippen molar-refractivity contribution in [2.75, 3.05) is 24.7 Å². The minimum absolute atomic E-state index is 0.0603. The van der Waals surface area contributed by atoms with E-state index in [1.54, 1.807) is 36.0 Å². The first-order valence-corrected chi connectivity index (χ1v) is 7.66. The first-order valence-electron chi connectivity index (χ1n) is 5.99. The van der Waals surface area contributed by atoms with Crippen molar-refractivity contribution in [3.05, 3.63) is 29.3 Å². The second-order valence-electron chi connectivity index (χ2n) is 4.18. The fraction of sp³-hybridized carbons (Fsp3) is 0.462. The molecule has 1 rings (SSSR count). The summed E-state index contributed by atoms with van der Waals surface area (Å²) in [4.78, 5) is 11.7. The summed E-state index contributed by atoms with van der Waals surface area (Å²) in [5.74, 6) is -0.132. The Morgan fingerprint density at radius 3 is 2.84 bits per heavy atom. The molecule has 1 aromatic rings. The standard InChI is InChI=1S/C13H19ClN2O2S/c1-9(12(8-17)19-2)15-7-13(18)16-11-5-3-4-10(14)6-11/h3-6,9,12,15,17H,7-8H2,1-2H3,(H,16,18). The quantitative estimate of drug-likeness (QED) is 0.721. The molecular formula is C13H19ClN2O2S. The van der Waals surface area contributed by atoms with Crippen molar-refractivity contribution in [1.29, 1.82) is 0 Å². The minimum Gasteiger partial charge on any atom is -0.395 e. The Bertz CT molecular complexity index is 413. The Balaban J connectivity index is 2.39. The summed E-state index contributed by atoms with van der Waals surface area (Å²) in [6, 6.07) is 7.07. The van der Waals surface area contributed by atoms with E-state index in [0.717, 1.165) is 0 Å². The summed E-state index contributed by atoms with van der Waals surface area (Å²) in [7, 11) is 0. The van der Waals surface area contributed by atoms with Gasteiger partial charge in [-0.1, -0.05) is 17.7 Å². The van der Waals surface area contributed by atoms with E-state index >= 15 is 0 Å². The lowest BCUT2D eigenvalue weighted by Crippen LogP contribution is -2.41. The molecule has 0 aliphatic carbocycles. The summed E-state index contributed by atoms with van der Waals surface area (Å²) in [5.41, 5.74) is 0.676. The smallest absolute Gasteiger partial charge is 0.238 e. The normalized spacial score (nSPS) is 13.9. The van der Waals surface area contributed by atoms with Crippen LogP contribution in [0.3, 0.4) is 0 Å². The van der Waals surface area contributed by atoms with Gasteiger partial charge in [-0.05, 0) is 31.4 Å². The van der Waals surface area contributed by atoms with Crippen molar-refractivity contribution < 1.29 is 9.90 Å². The maximum absolute atomic E-state index is 11.7. The monoisotopic (exact) mass is 302 g/mol. The van der Waals surface area contributed by atoms with Crippen LogP contribution >= 0.6 is 23.4 Å². The van der Waals surface area contributed by atoms with Gasteiger partial charge in [-0.25, -0.2) is 0 Å². The zero-order chi connectivity index (χ0) is 14.3. The van der Waals surface area contributed by atoms with Gasteiger partial charge in [0.1, 0.15) is 0 Å². The number of anilines is 1. The van der Waals surface area contributed by atoms with Crippen LogP contribution in [-0.2, 0) is 4.79 Å². The number of carbonyl (C=O) groups is 1. The number of nitrogens with one attached hydrogen (secondary N) is 2. The van der Waals surface area contributed by atoms with Crippen LogP contribution in [0.4, 0.5) is 5.69 Å². The summed E-state index contributed by atoms with van der Waals surface area (Å²) in [5, 5.41) is 15.7. The van der Waals surface area contributed by atoms with Gasteiger partial charge in [-0.2, -0.15) is 11.8 Å². The van der Waals surface area contributed by atoms with E-state index in [0.29, 0.717) is 10.7 Å². The highest BCUT2D eigenvalue weighted by molar-refractivity contribution is 7.99. The van der Waals surface area contributed by atoms with Crippen molar-refractivity contribution in [1.82, 2.24) is 5.32 Å². The van der Waals surface area contributed by atoms with Crippen molar-refractivity contribution in [2.24, 2.45) is 0 Å². The second kappa shape index (κ2) is 8.43. The summed E-state index contributed by atoms with van der Waals surface area (Å²) in [6.45, 7) is 2.24. The Labute approximate surface area is 122 Å². The van der Waals surface area contributed by atoms with Crippen molar-refractivity contribution >= 4 is 35.0 Å². The average molecular weight is 303 g/mol.